The lowest BCUT2D eigenvalue weighted by Gasteiger charge is -2.07. The zero-order chi connectivity index (χ0) is 10.6. The van der Waals surface area contributed by atoms with Gasteiger partial charge >= 0.3 is 0 Å². The van der Waals surface area contributed by atoms with Crippen LogP contribution in [0.5, 0.6) is 5.75 Å². The number of phenols is 1. The normalized spacial score (nSPS) is 10.5. The summed E-state index contributed by atoms with van der Waals surface area (Å²) in [5.74, 6) is -0.827. The van der Waals surface area contributed by atoms with Crippen LogP contribution < -0.4 is 5.73 Å². The second-order valence-electron chi connectivity index (χ2n) is 3.10. The molecule has 1 aromatic rings. The predicted molar refractivity (Wildman–Crippen MR) is 57.8 cm³/mol. The molecule has 4 heteroatoms. The molecular weight excluding hydrogens is 249 g/mol. The van der Waals surface area contributed by atoms with Gasteiger partial charge in [-0.05, 0) is 37.9 Å². The molecule has 0 atom stereocenters. The first-order valence-corrected chi connectivity index (χ1v) is 5.32. The molecule has 0 aromatic heterocycles. The van der Waals surface area contributed by atoms with Crippen LogP contribution in [0, 0.1) is 5.82 Å². The molecule has 78 valence electrons. The fourth-order valence-electron chi connectivity index (χ4n) is 1.27. The van der Waals surface area contributed by atoms with Gasteiger partial charge in [-0.2, -0.15) is 0 Å². The molecule has 0 aliphatic rings. The Hall–Kier alpha value is -0.610. The van der Waals surface area contributed by atoms with Crippen molar-refractivity contribution in [1.82, 2.24) is 0 Å². The van der Waals surface area contributed by atoms with E-state index in [-0.39, 0.29) is 5.75 Å². The van der Waals surface area contributed by atoms with Gasteiger partial charge in [0.05, 0.1) is 0 Å². The quantitative estimate of drug-likeness (QED) is 0.819. The second kappa shape index (κ2) is 5.32. The predicted octanol–water partition coefficient (Wildman–Crippen LogP) is 2.58. The van der Waals surface area contributed by atoms with Crippen LogP contribution in [0.15, 0.2) is 16.6 Å². The number of halogens is 2. The van der Waals surface area contributed by atoms with E-state index in [9.17, 15) is 9.50 Å². The van der Waals surface area contributed by atoms with Gasteiger partial charge in [-0.15, -0.1) is 0 Å². The van der Waals surface area contributed by atoms with Crippen molar-refractivity contribution in [2.45, 2.75) is 19.3 Å². The molecule has 0 amide bonds. The minimum absolute atomic E-state index is 0.253. The number of hydrogen-bond acceptors (Lipinski definition) is 2. The molecule has 0 saturated heterocycles. The molecule has 0 aliphatic heterocycles. The molecule has 0 spiro atoms. The Morgan fingerprint density at radius 3 is 2.71 bits per heavy atom. The summed E-state index contributed by atoms with van der Waals surface area (Å²) in [7, 11) is 0. The van der Waals surface area contributed by atoms with Gasteiger partial charge in [0.15, 0.2) is 11.6 Å². The maximum Gasteiger partial charge on any atom is 0.165 e. The molecular formula is C10H13BrFNO. The van der Waals surface area contributed by atoms with Crippen LogP contribution >= 0.6 is 15.9 Å². The van der Waals surface area contributed by atoms with Crippen LogP contribution in [0.1, 0.15) is 18.4 Å². The van der Waals surface area contributed by atoms with Crippen LogP contribution in [-0.4, -0.2) is 11.7 Å². The van der Waals surface area contributed by atoms with Crippen LogP contribution in [0.3, 0.4) is 0 Å². The minimum Gasteiger partial charge on any atom is -0.505 e. The van der Waals surface area contributed by atoms with Crippen molar-refractivity contribution >= 4 is 15.9 Å². The third-order valence-electron chi connectivity index (χ3n) is 2.06. The van der Waals surface area contributed by atoms with Gasteiger partial charge in [0.25, 0.3) is 0 Å². The summed E-state index contributed by atoms with van der Waals surface area (Å²) in [6, 6.07) is 2.85. The van der Waals surface area contributed by atoms with Gasteiger partial charge in [-0.1, -0.05) is 15.9 Å². The molecule has 0 radical (unpaired) electrons. The summed E-state index contributed by atoms with van der Waals surface area (Å²) in [5.41, 5.74) is 5.97. The van der Waals surface area contributed by atoms with Gasteiger partial charge in [0, 0.05) is 10.0 Å². The van der Waals surface area contributed by atoms with E-state index in [2.05, 4.69) is 15.9 Å². The summed E-state index contributed by atoms with van der Waals surface area (Å²) in [4.78, 5) is 0. The van der Waals surface area contributed by atoms with Crippen molar-refractivity contribution in [3.8, 4) is 5.75 Å². The molecule has 3 N–H and O–H groups in total. The zero-order valence-electron chi connectivity index (χ0n) is 7.76. The Morgan fingerprint density at radius 2 is 2.07 bits per heavy atom. The zero-order valence-corrected chi connectivity index (χ0v) is 9.35. The number of hydrogen-bond donors (Lipinski definition) is 2. The van der Waals surface area contributed by atoms with Crippen molar-refractivity contribution in [2.75, 3.05) is 6.54 Å². The lowest BCUT2D eigenvalue weighted by Crippen LogP contribution is -1.99. The van der Waals surface area contributed by atoms with E-state index >= 15 is 0 Å². The van der Waals surface area contributed by atoms with Gasteiger partial charge in [0.1, 0.15) is 0 Å². The Morgan fingerprint density at radius 1 is 1.36 bits per heavy atom. The smallest absolute Gasteiger partial charge is 0.165 e. The second-order valence-corrected chi connectivity index (χ2v) is 3.96. The average Bonchev–Trinajstić information content (AvgIpc) is 2.18. The van der Waals surface area contributed by atoms with Crippen LogP contribution in [0.2, 0.25) is 0 Å². The maximum absolute atomic E-state index is 13.0. The van der Waals surface area contributed by atoms with Gasteiger partial charge in [-0.25, -0.2) is 4.39 Å². The number of rotatable bonds is 4. The van der Waals surface area contributed by atoms with E-state index in [1.807, 2.05) is 0 Å². The first-order chi connectivity index (χ1) is 6.66. The standard InChI is InChI=1S/C10H13BrFNO/c11-8-4-5-9(12)10(14)7(8)3-1-2-6-13/h4-5,14H,1-3,6,13H2. The van der Waals surface area contributed by atoms with Crippen molar-refractivity contribution in [3.05, 3.63) is 28.0 Å². The molecule has 0 bridgehead atoms. The van der Waals surface area contributed by atoms with Crippen LogP contribution in [0.4, 0.5) is 4.39 Å². The third-order valence-corrected chi connectivity index (χ3v) is 2.80. The number of benzene rings is 1. The highest BCUT2D eigenvalue weighted by molar-refractivity contribution is 9.10. The van der Waals surface area contributed by atoms with Crippen molar-refractivity contribution < 1.29 is 9.50 Å². The monoisotopic (exact) mass is 261 g/mol. The Bertz CT molecular complexity index is 317. The largest absolute Gasteiger partial charge is 0.505 e. The number of unbranched alkanes of at least 4 members (excludes halogenated alkanes) is 1. The van der Waals surface area contributed by atoms with E-state index in [0.717, 1.165) is 17.3 Å². The average molecular weight is 262 g/mol. The minimum atomic E-state index is -0.573. The Kier molecular flexibility index (Phi) is 4.35. The van der Waals surface area contributed by atoms with E-state index < -0.39 is 5.82 Å². The van der Waals surface area contributed by atoms with Gasteiger partial charge < -0.3 is 10.8 Å². The molecule has 0 aliphatic carbocycles. The van der Waals surface area contributed by atoms with E-state index in [1.165, 1.54) is 6.07 Å². The summed E-state index contributed by atoms with van der Waals surface area (Å²) in [6.07, 6.45) is 2.37. The fraction of sp³-hybridized carbons (Fsp3) is 0.400. The molecule has 0 saturated carbocycles. The van der Waals surface area contributed by atoms with Gasteiger partial charge in [0.2, 0.25) is 0 Å². The Balaban J connectivity index is 2.79. The van der Waals surface area contributed by atoms with Crippen molar-refractivity contribution in [3.63, 3.8) is 0 Å². The Labute approximate surface area is 91.1 Å². The third kappa shape index (κ3) is 2.69. The summed E-state index contributed by atoms with van der Waals surface area (Å²) in [5, 5.41) is 9.44. The fourth-order valence-corrected chi connectivity index (χ4v) is 1.79. The van der Waals surface area contributed by atoms with Gasteiger partial charge in [-0.3, -0.25) is 0 Å². The first-order valence-electron chi connectivity index (χ1n) is 4.52. The molecule has 2 nitrogen and oxygen atoms in total. The number of nitrogens with two attached hydrogens (primary N) is 1. The van der Waals surface area contributed by atoms with E-state index in [4.69, 9.17) is 5.73 Å². The van der Waals surface area contributed by atoms with E-state index in [1.54, 1.807) is 6.07 Å². The van der Waals surface area contributed by atoms with Crippen molar-refractivity contribution in [2.24, 2.45) is 5.73 Å². The number of aromatic hydroxyl groups is 1. The maximum atomic E-state index is 13.0. The molecule has 1 rings (SSSR count). The molecule has 0 unspecified atom stereocenters. The lowest BCUT2D eigenvalue weighted by molar-refractivity contribution is 0.424. The number of phenolic OH excluding ortho intramolecular Hbond substituents is 1. The molecule has 0 heterocycles. The van der Waals surface area contributed by atoms with Crippen molar-refractivity contribution in [1.29, 1.82) is 0 Å². The highest BCUT2D eigenvalue weighted by atomic mass is 79.9. The summed E-state index contributed by atoms with van der Waals surface area (Å²) >= 11 is 3.28. The highest BCUT2D eigenvalue weighted by Gasteiger charge is 2.10. The summed E-state index contributed by atoms with van der Waals surface area (Å²) < 4.78 is 13.7. The van der Waals surface area contributed by atoms with Crippen LogP contribution in [-0.2, 0) is 6.42 Å². The molecule has 1 aromatic carbocycles. The highest BCUT2D eigenvalue weighted by Crippen LogP contribution is 2.29. The van der Waals surface area contributed by atoms with E-state index in [0.29, 0.717) is 18.5 Å². The van der Waals surface area contributed by atoms with Crippen LogP contribution in [0.25, 0.3) is 0 Å². The molecule has 0 fully saturated rings. The first kappa shape index (κ1) is 11.5. The summed E-state index contributed by atoms with van der Waals surface area (Å²) in [6.45, 7) is 0.619. The lowest BCUT2D eigenvalue weighted by atomic mass is 10.1. The SMILES string of the molecule is NCCCCc1c(Br)ccc(F)c1O. The topological polar surface area (TPSA) is 46.2 Å². The molecule has 14 heavy (non-hydrogen) atoms.